The van der Waals surface area contributed by atoms with Crippen LogP contribution in [0.4, 0.5) is 0 Å². The molecule has 0 atom stereocenters. The Kier molecular flexibility index (Phi) is 1.88. The summed E-state index contributed by atoms with van der Waals surface area (Å²) in [5.74, 6) is 0. The lowest BCUT2D eigenvalue weighted by Gasteiger charge is -2.07. The molecule has 3 aromatic rings. The molecule has 0 aromatic heterocycles. The molecule has 0 saturated heterocycles. The molecule has 0 heteroatoms. The molecule has 0 fully saturated rings. The largest absolute Gasteiger partial charge is 0.0619 e. The van der Waals surface area contributed by atoms with E-state index >= 15 is 0 Å². The minimum absolute atomic E-state index is 1.10. The first kappa shape index (κ1) is 10.4. The smallest absolute Gasteiger partial charge is 0.00104 e. The van der Waals surface area contributed by atoms with Crippen molar-refractivity contribution in [1.82, 2.24) is 0 Å². The minimum Gasteiger partial charge on any atom is -0.0619 e. The predicted octanol–water partition coefficient (Wildman–Crippen LogP) is 4.83. The Balaban J connectivity index is 1.78. The van der Waals surface area contributed by atoms with Crippen molar-refractivity contribution in [3.63, 3.8) is 0 Å². The van der Waals surface area contributed by atoms with E-state index in [0.29, 0.717) is 0 Å². The molecule has 0 unspecified atom stereocenters. The van der Waals surface area contributed by atoms with Crippen LogP contribution in [0.1, 0.15) is 22.3 Å². The van der Waals surface area contributed by atoms with Gasteiger partial charge in [-0.1, -0.05) is 60.7 Å². The molecular formula is C20H14. The van der Waals surface area contributed by atoms with E-state index in [2.05, 4.69) is 60.7 Å². The lowest BCUT2D eigenvalue weighted by atomic mass is 9.96. The maximum atomic E-state index is 2.32. The van der Waals surface area contributed by atoms with Crippen molar-refractivity contribution >= 4 is 0 Å². The summed E-state index contributed by atoms with van der Waals surface area (Å²) >= 11 is 0. The van der Waals surface area contributed by atoms with Gasteiger partial charge in [0.25, 0.3) is 0 Å². The third kappa shape index (κ3) is 1.21. The van der Waals surface area contributed by atoms with Crippen molar-refractivity contribution in [3.8, 4) is 22.3 Å². The van der Waals surface area contributed by atoms with E-state index in [-0.39, 0.29) is 0 Å². The molecule has 20 heavy (non-hydrogen) atoms. The quantitative estimate of drug-likeness (QED) is 0.371. The lowest BCUT2D eigenvalue weighted by Crippen LogP contribution is -1.90. The van der Waals surface area contributed by atoms with Crippen LogP contribution >= 0.6 is 0 Å². The highest BCUT2D eigenvalue weighted by molar-refractivity contribution is 5.86. The number of fused-ring (bicyclic) bond motifs is 7. The summed E-state index contributed by atoms with van der Waals surface area (Å²) in [6, 6.07) is 22.3. The first-order valence-electron chi connectivity index (χ1n) is 7.23. The molecule has 0 nitrogen and oxygen atoms in total. The molecule has 0 radical (unpaired) electrons. The van der Waals surface area contributed by atoms with Gasteiger partial charge in [0.1, 0.15) is 0 Å². The van der Waals surface area contributed by atoms with Crippen LogP contribution in [0.2, 0.25) is 0 Å². The van der Waals surface area contributed by atoms with Gasteiger partial charge >= 0.3 is 0 Å². The monoisotopic (exact) mass is 254 g/mol. The summed E-state index contributed by atoms with van der Waals surface area (Å²) in [7, 11) is 0. The molecular weight excluding hydrogens is 240 g/mol. The molecule has 0 heterocycles. The molecule has 0 spiro atoms. The number of hydrogen-bond donors (Lipinski definition) is 0. The van der Waals surface area contributed by atoms with Gasteiger partial charge in [0, 0.05) is 0 Å². The number of rotatable bonds is 0. The third-order valence-electron chi connectivity index (χ3n) is 4.78. The molecule has 0 amide bonds. The van der Waals surface area contributed by atoms with E-state index in [0.717, 1.165) is 12.8 Å². The predicted molar refractivity (Wildman–Crippen MR) is 82.9 cm³/mol. The van der Waals surface area contributed by atoms with Crippen molar-refractivity contribution in [2.24, 2.45) is 0 Å². The maximum Gasteiger partial charge on any atom is -0.00104 e. The average Bonchev–Trinajstić information content (AvgIpc) is 3.05. The summed E-state index contributed by atoms with van der Waals surface area (Å²) in [5.41, 5.74) is 11.8. The minimum atomic E-state index is 1.10. The van der Waals surface area contributed by atoms with Gasteiger partial charge in [0.15, 0.2) is 0 Å². The van der Waals surface area contributed by atoms with E-state index in [1.807, 2.05) is 0 Å². The molecule has 2 aliphatic rings. The molecule has 0 N–H and O–H groups in total. The Morgan fingerprint density at radius 1 is 0.450 bits per heavy atom. The second kappa shape index (κ2) is 3.61. The zero-order chi connectivity index (χ0) is 13.1. The fourth-order valence-electron chi connectivity index (χ4n) is 3.86. The zero-order valence-electron chi connectivity index (χ0n) is 11.2. The van der Waals surface area contributed by atoms with Crippen molar-refractivity contribution in [2.45, 2.75) is 12.8 Å². The summed E-state index contributed by atoms with van der Waals surface area (Å²) in [4.78, 5) is 0. The topological polar surface area (TPSA) is 0 Å². The van der Waals surface area contributed by atoms with Crippen molar-refractivity contribution in [3.05, 3.63) is 82.9 Å². The zero-order valence-corrected chi connectivity index (χ0v) is 11.2. The first-order valence-corrected chi connectivity index (χ1v) is 7.23. The lowest BCUT2D eigenvalue weighted by molar-refractivity contribution is 1.16. The van der Waals surface area contributed by atoms with Gasteiger partial charge in [-0.2, -0.15) is 0 Å². The summed E-state index contributed by atoms with van der Waals surface area (Å²) < 4.78 is 0. The summed E-state index contributed by atoms with van der Waals surface area (Å²) in [6.45, 7) is 0. The number of hydrogen-bond acceptors (Lipinski definition) is 0. The van der Waals surface area contributed by atoms with E-state index in [9.17, 15) is 0 Å². The van der Waals surface area contributed by atoms with Crippen LogP contribution < -0.4 is 0 Å². The van der Waals surface area contributed by atoms with E-state index in [1.54, 1.807) is 11.1 Å². The second-order valence-corrected chi connectivity index (χ2v) is 5.79. The Morgan fingerprint density at radius 3 is 1.40 bits per heavy atom. The molecule has 0 aliphatic heterocycles. The standard InChI is InChI=1S/C20H14/c1-3-7-15-13(5-1)11-19-17(15)9-10-18-16-8-4-2-6-14(16)12-20(18)19/h1-10H,11-12H2. The van der Waals surface area contributed by atoms with Crippen LogP contribution in [-0.2, 0) is 12.8 Å². The molecule has 2 aliphatic carbocycles. The van der Waals surface area contributed by atoms with E-state index in [4.69, 9.17) is 0 Å². The van der Waals surface area contributed by atoms with Crippen molar-refractivity contribution in [2.75, 3.05) is 0 Å². The Bertz CT molecular complexity index is 783. The highest BCUT2D eigenvalue weighted by atomic mass is 14.3. The fraction of sp³-hybridized carbons (Fsp3) is 0.100. The Hall–Kier alpha value is -2.34. The molecule has 94 valence electrons. The van der Waals surface area contributed by atoms with Gasteiger partial charge in [-0.05, 0) is 57.3 Å². The highest BCUT2D eigenvalue weighted by Crippen LogP contribution is 2.46. The van der Waals surface area contributed by atoms with Gasteiger partial charge in [-0.3, -0.25) is 0 Å². The van der Waals surface area contributed by atoms with Crippen LogP contribution in [0.5, 0.6) is 0 Å². The van der Waals surface area contributed by atoms with E-state index in [1.165, 1.54) is 33.4 Å². The van der Waals surface area contributed by atoms with Crippen LogP contribution in [0.15, 0.2) is 60.7 Å². The molecule has 5 rings (SSSR count). The molecule has 0 saturated carbocycles. The Morgan fingerprint density at radius 2 is 0.900 bits per heavy atom. The van der Waals surface area contributed by atoms with Gasteiger partial charge in [0.05, 0.1) is 0 Å². The van der Waals surface area contributed by atoms with Gasteiger partial charge in [-0.15, -0.1) is 0 Å². The Labute approximate surface area is 118 Å². The second-order valence-electron chi connectivity index (χ2n) is 5.79. The maximum absolute atomic E-state index is 2.32. The van der Waals surface area contributed by atoms with Crippen molar-refractivity contribution in [1.29, 1.82) is 0 Å². The van der Waals surface area contributed by atoms with Crippen LogP contribution in [0.3, 0.4) is 0 Å². The normalized spacial score (nSPS) is 13.6. The SMILES string of the molecule is c1ccc2c(c1)Cc1c-2ccc2c1Cc1ccccc1-2. The number of benzene rings is 3. The molecule has 0 bridgehead atoms. The van der Waals surface area contributed by atoms with Gasteiger partial charge in [0.2, 0.25) is 0 Å². The first-order chi connectivity index (χ1) is 9.92. The highest BCUT2D eigenvalue weighted by Gasteiger charge is 2.27. The fourth-order valence-corrected chi connectivity index (χ4v) is 3.86. The van der Waals surface area contributed by atoms with Crippen LogP contribution in [0, 0.1) is 0 Å². The summed E-state index contributed by atoms with van der Waals surface area (Å²) in [6.07, 6.45) is 2.20. The van der Waals surface area contributed by atoms with E-state index < -0.39 is 0 Å². The third-order valence-corrected chi connectivity index (χ3v) is 4.78. The van der Waals surface area contributed by atoms with Crippen LogP contribution in [-0.4, -0.2) is 0 Å². The van der Waals surface area contributed by atoms with Gasteiger partial charge < -0.3 is 0 Å². The average molecular weight is 254 g/mol. The van der Waals surface area contributed by atoms with Crippen LogP contribution in [0.25, 0.3) is 22.3 Å². The molecule has 3 aromatic carbocycles. The summed E-state index contributed by atoms with van der Waals surface area (Å²) in [5, 5.41) is 0. The van der Waals surface area contributed by atoms with Gasteiger partial charge in [-0.25, -0.2) is 0 Å². The van der Waals surface area contributed by atoms with Crippen molar-refractivity contribution < 1.29 is 0 Å².